The highest BCUT2D eigenvalue weighted by atomic mass is 32.1. The third-order valence-electron chi connectivity index (χ3n) is 3.87. The fraction of sp³-hybridized carbons (Fsp3) is 0.533. The first-order valence-corrected chi connectivity index (χ1v) is 7.68. The van der Waals surface area contributed by atoms with E-state index in [1.807, 2.05) is 11.3 Å². The molecule has 0 spiro atoms. The number of aryl methyl sites for hydroxylation is 1. The summed E-state index contributed by atoms with van der Waals surface area (Å²) in [5.41, 5.74) is 2.64. The van der Waals surface area contributed by atoms with Gasteiger partial charge in [0.25, 0.3) is 0 Å². The molecule has 1 aromatic carbocycles. The Morgan fingerprint density at radius 1 is 1.44 bits per heavy atom. The molecular weight excluding hydrogens is 240 g/mol. The Bertz CT molecular complexity index is 553. The topological polar surface area (TPSA) is 24.9 Å². The second kappa shape index (κ2) is 4.63. The lowest BCUT2D eigenvalue weighted by Crippen LogP contribution is -2.36. The molecule has 2 aromatic rings. The van der Waals surface area contributed by atoms with Crippen LogP contribution < -0.4 is 5.32 Å². The Morgan fingerprint density at radius 2 is 2.33 bits per heavy atom. The van der Waals surface area contributed by atoms with Gasteiger partial charge >= 0.3 is 0 Å². The minimum absolute atomic E-state index is 0.159. The predicted octanol–water partition coefficient (Wildman–Crippen LogP) is 3.98. The van der Waals surface area contributed by atoms with Crippen molar-refractivity contribution >= 4 is 21.6 Å². The number of aromatic nitrogens is 1. The van der Waals surface area contributed by atoms with E-state index in [0.717, 1.165) is 12.1 Å². The maximum absolute atomic E-state index is 4.88. The lowest BCUT2D eigenvalue weighted by molar-refractivity contribution is 0.355. The summed E-state index contributed by atoms with van der Waals surface area (Å²) >= 11 is 1.87. The van der Waals surface area contributed by atoms with Gasteiger partial charge in [-0.15, -0.1) is 11.3 Å². The van der Waals surface area contributed by atoms with Crippen LogP contribution in [0.2, 0.25) is 0 Å². The van der Waals surface area contributed by atoms with Crippen LogP contribution in [0.3, 0.4) is 0 Å². The van der Waals surface area contributed by atoms with E-state index in [1.165, 1.54) is 41.0 Å². The molecule has 1 N–H and O–H groups in total. The van der Waals surface area contributed by atoms with Crippen molar-refractivity contribution in [2.24, 2.45) is 0 Å². The molecule has 2 nitrogen and oxygen atoms in total. The van der Waals surface area contributed by atoms with E-state index in [-0.39, 0.29) is 5.54 Å². The van der Waals surface area contributed by atoms with Crippen LogP contribution in [0.15, 0.2) is 18.2 Å². The molecule has 1 atom stereocenters. The van der Waals surface area contributed by atoms with Gasteiger partial charge in [-0.05, 0) is 50.4 Å². The average molecular weight is 260 g/mol. The molecule has 0 aliphatic carbocycles. The summed E-state index contributed by atoms with van der Waals surface area (Å²) in [6, 6.07) is 6.56. The zero-order valence-corrected chi connectivity index (χ0v) is 11.9. The Hall–Kier alpha value is -0.930. The molecule has 1 aromatic heterocycles. The molecule has 18 heavy (non-hydrogen) atoms. The summed E-state index contributed by atoms with van der Waals surface area (Å²) in [6.45, 7) is 5.54. The number of hydrogen-bond acceptors (Lipinski definition) is 3. The van der Waals surface area contributed by atoms with Gasteiger partial charge < -0.3 is 5.32 Å². The highest BCUT2D eigenvalue weighted by molar-refractivity contribution is 7.18. The zero-order chi connectivity index (χ0) is 12.6. The molecule has 1 saturated heterocycles. The maximum atomic E-state index is 4.88. The highest BCUT2D eigenvalue weighted by Gasteiger charge is 2.37. The third kappa shape index (κ3) is 1.95. The smallest absolute Gasteiger partial charge is 0.114 e. The first kappa shape index (κ1) is 12.1. The molecule has 0 radical (unpaired) electrons. The first-order valence-electron chi connectivity index (χ1n) is 6.86. The molecule has 96 valence electrons. The Balaban J connectivity index is 2.06. The lowest BCUT2D eigenvalue weighted by Gasteiger charge is -2.26. The summed E-state index contributed by atoms with van der Waals surface area (Å²) < 4.78 is 1.33. The van der Waals surface area contributed by atoms with E-state index in [9.17, 15) is 0 Å². The quantitative estimate of drug-likeness (QED) is 0.902. The number of nitrogens with zero attached hydrogens (tertiary/aromatic N) is 1. The molecule has 3 heteroatoms. The van der Waals surface area contributed by atoms with Gasteiger partial charge in [-0.3, -0.25) is 0 Å². The summed E-state index contributed by atoms with van der Waals surface area (Å²) in [4.78, 5) is 4.88. The van der Waals surface area contributed by atoms with Gasteiger partial charge in [0, 0.05) is 0 Å². The van der Waals surface area contributed by atoms with Crippen LogP contribution in [0.5, 0.6) is 0 Å². The van der Waals surface area contributed by atoms with Crippen molar-refractivity contribution in [1.82, 2.24) is 10.3 Å². The van der Waals surface area contributed by atoms with Gasteiger partial charge in [0.05, 0.1) is 15.8 Å². The van der Waals surface area contributed by atoms with Gasteiger partial charge in [-0.25, -0.2) is 4.98 Å². The van der Waals surface area contributed by atoms with Gasteiger partial charge in [-0.2, -0.15) is 0 Å². The normalized spacial score (nSPS) is 23.9. The number of nitrogens with one attached hydrogen (secondary N) is 1. The summed E-state index contributed by atoms with van der Waals surface area (Å²) in [6.07, 6.45) is 4.92. The summed E-state index contributed by atoms with van der Waals surface area (Å²) in [5.74, 6) is 0. The molecule has 0 saturated carbocycles. The molecule has 3 rings (SSSR count). The largest absolute Gasteiger partial charge is 0.305 e. The molecule has 1 unspecified atom stereocenters. The van der Waals surface area contributed by atoms with Crippen molar-refractivity contribution in [3.8, 4) is 0 Å². The van der Waals surface area contributed by atoms with Crippen LogP contribution in [0.1, 0.15) is 43.2 Å². The molecule has 0 amide bonds. The first-order chi connectivity index (χ1) is 8.73. The maximum Gasteiger partial charge on any atom is 0.114 e. The monoisotopic (exact) mass is 260 g/mol. The minimum Gasteiger partial charge on any atom is -0.305 e. The molecule has 2 heterocycles. The predicted molar refractivity (Wildman–Crippen MR) is 78.2 cm³/mol. The third-order valence-corrected chi connectivity index (χ3v) is 5.10. The van der Waals surface area contributed by atoms with Crippen LogP contribution in [0.25, 0.3) is 10.2 Å². The molecule has 1 fully saturated rings. The number of hydrogen-bond donors (Lipinski definition) is 1. The summed E-state index contributed by atoms with van der Waals surface area (Å²) in [5, 5.41) is 5.00. The van der Waals surface area contributed by atoms with E-state index in [0.29, 0.717) is 0 Å². The number of fused-ring (bicyclic) bond motifs is 1. The van der Waals surface area contributed by atoms with E-state index in [2.05, 4.69) is 37.4 Å². The fourth-order valence-electron chi connectivity index (χ4n) is 2.97. The Kier molecular flexibility index (Phi) is 3.12. The fourth-order valence-corrected chi connectivity index (χ4v) is 4.26. The molecule has 1 aliphatic rings. The van der Waals surface area contributed by atoms with Crippen molar-refractivity contribution < 1.29 is 0 Å². The van der Waals surface area contributed by atoms with Gasteiger partial charge in [0.15, 0.2) is 0 Å². The van der Waals surface area contributed by atoms with E-state index >= 15 is 0 Å². The van der Waals surface area contributed by atoms with Gasteiger partial charge in [-0.1, -0.05) is 19.4 Å². The van der Waals surface area contributed by atoms with E-state index < -0.39 is 0 Å². The van der Waals surface area contributed by atoms with Crippen LogP contribution in [-0.4, -0.2) is 11.5 Å². The Morgan fingerprint density at radius 3 is 3.06 bits per heavy atom. The second-order valence-electron chi connectivity index (χ2n) is 5.35. The molecule has 1 aliphatic heterocycles. The average Bonchev–Trinajstić information content (AvgIpc) is 2.95. The van der Waals surface area contributed by atoms with Crippen LogP contribution in [0, 0.1) is 6.92 Å². The van der Waals surface area contributed by atoms with Crippen LogP contribution in [-0.2, 0) is 5.54 Å². The van der Waals surface area contributed by atoms with Gasteiger partial charge in [0.2, 0.25) is 0 Å². The van der Waals surface area contributed by atoms with Crippen LogP contribution in [0.4, 0.5) is 0 Å². The van der Waals surface area contributed by atoms with Crippen molar-refractivity contribution in [3.63, 3.8) is 0 Å². The van der Waals surface area contributed by atoms with Crippen molar-refractivity contribution in [2.75, 3.05) is 6.54 Å². The minimum atomic E-state index is 0.159. The summed E-state index contributed by atoms with van der Waals surface area (Å²) in [7, 11) is 0. The number of rotatable bonds is 3. The highest BCUT2D eigenvalue weighted by Crippen LogP contribution is 2.39. The van der Waals surface area contributed by atoms with Crippen LogP contribution >= 0.6 is 11.3 Å². The molecule has 0 bridgehead atoms. The standard InChI is InChI=1S/C15H20N2S/c1-3-7-15(8-4-9-16-15)14-17-12-6-5-11(2)10-13(12)18-14/h5-6,10,16H,3-4,7-9H2,1-2H3. The Labute approximate surface area is 112 Å². The van der Waals surface area contributed by atoms with E-state index in [4.69, 9.17) is 4.98 Å². The zero-order valence-electron chi connectivity index (χ0n) is 11.1. The SMILES string of the molecule is CCCC1(c2nc3ccc(C)cc3s2)CCCN1. The second-order valence-corrected chi connectivity index (χ2v) is 6.38. The lowest BCUT2D eigenvalue weighted by atomic mass is 9.93. The molecular formula is C15H20N2S. The van der Waals surface area contributed by atoms with Crippen molar-refractivity contribution in [2.45, 2.75) is 45.1 Å². The van der Waals surface area contributed by atoms with Gasteiger partial charge in [0.1, 0.15) is 5.01 Å². The number of thiazole rings is 1. The van der Waals surface area contributed by atoms with E-state index in [1.54, 1.807) is 0 Å². The van der Waals surface area contributed by atoms with Crippen molar-refractivity contribution in [1.29, 1.82) is 0 Å². The van der Waals surface area contributed by atoms with Crippen molar-refractivity contribution in [3.05, 3.63) is 28.8 Å². The number of benzene rings is 1.